The molecule has 4 heteroatoms. The molecular weight excluding hydrogens is 288 g/mol. The molecule has 2 aliphatic heterocycles. The Hall–Kier alpha value is -1.84. The fraction of sp³-hybridized carbons (Fsp3) is 0.579. The lowest BCUT2D eigenvalue weighted by Gasteiger charge is -2.43. The van der Waals surface area contributed by atoms with Crippen LogP contribution in [0.15, 0.2) is 24.3 Å². The smallest absolute Gasteiger partial charge is 0.245 e. The van der Waals surface area contributed by atoms with E-state index in [9.17, 15) is 9.59 Å². The van der Waals surface area contributed by atoms with Crippen LogP contribution in [0.1, 0.15) is 43.7 Å². The van der Waals surface area contributed by atoms with Gasteiger partial charge in [0, 0.05) is 19.1 Å². The number of piperazine rings is 1. The van der Waals surface area contributed by atoms with Crippen LogP contribution in [-0.4, -0.2) is 46.8 Å². The van der Waals surface area contributed by atoms with E-state index in [1.54, 1.807) is 0 Å². The maximum absolute atomic E-state index is 13.3. The largest absolute Gasteiger partial charge is 0.336 e. The summed E-state index contributed by atoms with van der Waals surface area (Å²) in [5.74, 6) is 0.292. The lowest BCUT2D eigenvalue weighted by molar-refractivity contribution is -0.153. The lowest BCUT2D eigenvalue weighted by Crippen LogP contribution is -2.61. The first kappa shape index (κ1) is 14.7. The van der Waals surface area contributed by atoms with Crippen LogP contribution in [0.3, 0.4) is 0 Å². The molecular formula is C19H24N2O2. The Bertz CT molecular complexity index is 648. The van der Waals surface area contributed by atoms with Gasteiger partial charge in [0.2, 0.25) is 11.8 Å². The minimum absolute atomic E-state index is 0.131. The Morgan fingerprint density at radius 1 is 1.22 bits per heavy atom. The molecule has 1 aliphatic carbocycles. The predicted octanol–water partition coefficient (Wildman–Crippen LogP) is 2.25. The molecule has 1 aromatic rings. The van der Waals surface area contributed by atoms with Crippen molar-refractivity contribution in [3.05, 3.63) is 35.4 Å². The molecule has 1 saturated carbocycles. The molecule has 0 N–H and O–H groups in total. The van der Waals surface area contributed by atoms with Gasteiger partial charge in [-0.1, -0.05) is 29.8 Å². The Kier molecular flexibility index (Phi) is 3.26. The van der Waals surface area contributed by atoms with Crippen LogP contribution in [-0.2, 0) is 15.0 Å². The monoisotopic (exact) mass is 312 g/mol. The molecule has 0 unspecified atom stereocenters. The molecule has 4 nitrogen and oxygen atoms in total. The molecule has 3 fully saturated rings. The van der Waals surface area contributed by atoms with Crippen LogP contribution in [0.4, 0.5) is 0 Å². The van der Waals surface area contributed by atoms with Crippen molar-refractivity contribution in [3.8, 4) is 0 Å². The summed E-state index contributed by atoms with van der Waals surface area (Å²) >= 11 is 0. The predicted molar refractivity (Wildman–Crippen MR) is 88.0 cm³/mol. The van der Waals surface area contributed by atoms with Gasteiger partial charge in [0.15, 0.2) is 0 Å². The van der Waals surface area contributed by atoms with Gasteiger partial charge >= 0.3 is 0 Å². The van der Waals surface area contributed by atoms with E-state index in [0.717, 1.165) is 37.8 Å². The topological polar surface area (TPSA) is 40.6 Å². The second kappa shape index (κ2) is 5.08. The maximum atomic E-state index is 13.3. The number of hydrogen-bond donors (Lipinski definition) is 0. The fourth-order valence-corrected chi connectivity index (χ4v) is 4.23. The molecule has 0 bridgehead atoms. The summed E-state index contributed by atoms with van der Waals surface area (Å²) in [6.07, 6.45) is 3.90. The van der Waals surface area contributed by atoms with Gasteiger partial charge in [-0.25, -0.2) is 0 Å². The normalized spacial score (nSPS) is 28.7. The summed E-state index contributed by atoms with van der Waals surface area (Å²) in [4.78, 5) is 29.7. The van der Waals surface area contributed by atoms with Crippen molar-refractivity contribution < 1.29 is 9.59 Å². The number of rotatable bonds is 2. The average Bonchev–Trinajstić information content (AvgIpc) is 3.22. The van der Waals surface area contributed by atoms with Crippen LogP contribution in [0.25, 0.3) is 0 Å². The molecule has 122 valence electrons. The summed E-state index contributed by atoms with van der Waals surface area (Å²) in [6.45, 7) is 5.52. The van der Waals surface area contributed by atoms with Gasteiger partial charge in [0.1, 0.15) is 6.04 Å². The van der Waals surface area contributed by atoms with Gasteiger partial charge < -0.3 is 9.80 Å². The number of aryl methyl sites for hydroxylation is 1. The van der Waals surface area contributed by atoms with Crippen molar-refractivity contribution in [2.75, 3.05) is 13.1 Å². The fourth-order valence-electron chi connectivity index (χ4n) is 4.23. The van der Waals surface area contributed by atoms with E-state index in [0.29, 0.717) is 6.54 Å². The van der Waals surface area contributed by atoms with Gasteiger partial charge in [-0.3, -0.25) is 9.59 Å². The van der Waals surface area contributed by atoms with E-state index in [2.05, 4.69) is 31.2 Å². The number of carbonyl (C=O) groups excluding carboxylic acids is 2. The van der Waals surface area contributed by atoms with Crippen LogP contribution in [0.2, 0.25) is 0 Å². The SMILES string of the molecule is Cc1ccc(C2(C(=O)N3C[C@H]4CCCN4C(=O)[C@H]3C)CC2)cc1. The van der Waals surface area contributed by atoms with E-state index in [1.807, 2.05) is 16.7 Å². The zero-order valence-corrected chi connectivity index (χ0v) is 13.9. The summed E-state index contributed by atoms with van der Waals surface area (Å²) < 4.78 is 0. The Balaban J connectivity index is 1.61. The number of nitrogens with zero attached hydrogens (tertiary/aromatic N) is 2. The van der Waals surface area contributed by atoms with E-state index in [4.69, 9.17) is 0 Å². The summed E-state index contributed by atoms with van der Waals surface area (Å²) in [6, 6.07) is 8.23. The van der Waals surface area contributed by atoms with Gasteiger partial charge in [0.25, 0.3) is 0 Å². The number of hydrogen-bond acceptors (Lipinski definition) is 2. The lowest BCUT2D eigenvalue weighted by atomic mass is 9.92. The molecule has 0 spiro atoms. The number of fused-ring (bicyclic) bond motifs is 1. The molecule has 23 heavy (non-hydrogen) atoms. The summed E-state index contributed by atoms with van der Waals surface area (Å²) in [5, 5.41) is 0. The maximum Gasteiger partial charge on any atom is 0.245 e. The third kappa shape index (κ3) is 2.19. The Labute approximate surface area is 137 Å². The second-order valence-electron chi connectivity index (χ2n) is 7.41. The summed E-state index contributed by atoms with van der Waals surface area (Å²) in [5.41, 5.74) is 1.95. The molecule has 4 rings (SSSR count). The molecule has 0 aromatic heterocycles. The minimum atomic E-state index is -0.372. The van der Waals surface area contributed by atoms with Gasteiger partial charge in [-0.05, 0) is 45.1 Å². The zero-order valence-electron chi connectivity index (χ0n) is 13.9. The van der Waals surface area contributed by atoms with Crippen LogP contribution in [0, 0.1) is 6.92 Å². The van der Waals surface area contributed by atoms with Crippen molar-refractivity contribution in [2.24, 2.45) is 0 Å². The third-order valence-corrected chi connectivity index (χ3v) is 5.92. The standard InChI is InChI=1S/C19H24N2O2/c1-13-5-7-15(8-6-13)19(9-10-19)18(23)21-12-16-4-3-11-20(16)17(22)14(21)2/h5-8,14,16H,3-4,9-12H2,1-2H3/t14-,16-/m1/s1. The summed E-state index contributed by atoms with van der Waals surface area (Å²) in [7, 11) is 0. The third-order valence-electron chi connectivity index (χ3n) is 5.92. The highest BCUT2D eigenvalue weighted by molar-refractivity contribution is 5.96. The van der Waals surface area contributed by atoms with E-state index in [-0.39, 0.29) is 29.3 Å². The minimum Gasteiger partial charge on any atom is -0.336 e. The first-order valence-corrected chi connectivity index (χ1v) is 8.72. The highest BCUT2D eigenvalue weighted by Gasteiger charge is 2.55. The van der Waals surface area contributed by atoms with E-state index >= 15 is 0 Å². The van der Waals surface area contributed by atoms with Crippen LogP contribution in [0.5, 0.6) is 0 Å². The number of benzene rings is 1. The van der Waals surface area contributed by atoms with Crippen LogP contribution < -0.4 is 0 Å². The quantitative estimate of drug-likeness (QED) is 0.840. The van der Waals surface area contributed by atoms with Crippen molar-refractivity contribution >= 4 is 11.8 Å². The van der Waals surface area contributed by atoms with E-state index < -0.39 is 0 Å². The highest BCUT2D eigenvalue weighted by atomic mass is 16.2. The molecule has 3 aliphatic rings. The molecule has 2 atom stereocenters. The first-order valence-electron chi connectivity index (χ1n) is 8.72. The van der Waals surface area contributed by atoms with Gasteiger partial charge in [-0.15, -0.1) is 0 Å². The number of carbonyl (C=O) groups is 2. The van der Waals surface area contributed by atoms with Crippen molar-refractivity contribution in [1.82, 2.24) is 9.80 Å². The van der Waals surface area contributed by atoms with Crippen molar-refractivity contribution in [1.29, 1.82) is 0 Å². The van der Waals surface area contributed by atoms with Gasteiger partial charge in [-0.2, -0.15) is 0 Å². The second-order valence-corrected chi connectivity index (χ2v) is 7.41. The molecule has 2 saturated heterocycles. The zero-order chi connectivity index (χ0) is 16.2. The van der Waals surface area contributed by atoms with Crippen molar-refractivity contribution in [3.63, 3.8) is 0 Å². The van der Waals surface area contributed by atoms with Gasteiger partial charge in [0.05, 0.1) is 5.41 Å². The highest BCUT2D eigenvalue weighted by Crippen LogP contribution is 2.50. The Morgan fingerprint density at radius 2 is 1.91 bits per heavy atom. The van der Waals surface area contributed by atoms with E-state index in [1.165, 1.54) is 5.56 Å². The number of amides is 2. The van der Waals surface area contributed by atoms with Crippen molar-refractivity contribution in [2.45, 2.75) is 57.0 Å². The molecule has 1 aromatic carbocycles. The van der Waals surface area contributed by atoms with Crippen LogP contribution >= 0.6 is 0 Å². The molecule has 2 amide bonds. The molecule has 0 radical (unpaired) electrons. The molecule has 2 heterocycles. The average molecular weight is 312 g/mol. The first-order chi connectivity index (χ1) is 11.0. The Morgan fingerprint density at radius 3 is 2.57 bits per heavy atom.